The van der Waals surface area contributed by atoms with E-state index in [9.17, 15) is 24.0 Å². The highest BCUT2D eigenvalue weighted by Gasteiger charge is 2.01. The zero-order valence-corrected chi connectivity index (χ0v) is 31.1. The Kier molecular flexibility index (Phi) is 19.2. The van der Waals surface area contributed by atoms with Gasteiger partial charge in [0, 0.05) is 66.4 Å². The van der Waals surface area contributed by atoms with Crippen LogP contribution in [-0.2, 0) is 0 Å². The van der Waals surface area contributed by atoms with Gasteiger partial charge in [-0.2, -0.15) is 0 Å². The fraction of sp³-hybridized carbons (Fsp3) is 0.375. The van der Waals surface area contributed by atoms with Crippen molar-refractivity contribution in [3.05, 3.63) is 172 Å². The van der Waals surface area contributed by atoms with Crippen LogP contribution in [0.5, 0.6) is 0 Å². The highest BCUT2D eigenvalue weighted by Crippen LogP contribution is 2.10. The molecule has 0 saturated carbocycles. The monoisotopic (exact) mass is 685 g/mol. The average Bonchev–Trinajstić information content (AvgIpc) is 3.06. The third-order valence-corrected chi connectivity index (χ3v) is 7.23. The number of aromatic nitrogens is 5. The average molecular weight is 686 g/mol. The van der Waals surface area contributed by atoms with Crippen molar-refractivity contribution < 1.29 is 0 Å². The highest BCUT2D eigenvalue weighted by molar-refractivity contribution is 5.14. The maximum absolute atomic E-state index is 11.0. The molecule has 0 fully saturated rings. The van der Waals surface area contributed by atoms with E-state index >= 15 is 0 Å². The van der Waals surface area contributed by atoms with E-state index in [1.807, 2.05) is 77.9 Å². The summed E-state index contributed by atoms with van der Waals surface area (Å²) in [5.74, 6) is 1.62. The normalized spacial score (nSPS) is 10.3. The molecule has 0 spiro atoms. The van der Waals surface area contributed by atoms with Crippen molar-refractivity contribution in [3.8, 4) is 0 Å². The zero-order valence-electron chi connectivity index (χ0n) is 31.1. The van der Waals surface area contributed by atoms with Crippen LogP contribution in [0.1, 0.15) is 121 Å². The Hall–Kier alpha value is -5.25. The number of H-pyrrole nitrogens is 4. The molecule has 0 aliphatic heterocycles. The molecule has 0 bridgehead atoms. The second-order valence-corrected chi connectivity index (χ2v) is 13.1. The minimum atomic E-state index is -0.0376. The first-order valence-corrected chi connectivity index (χ1v) is 16.9. The van der Waals surface area contributed by atoms with Crippen LogP contribution in [0.25, 0.3) is 0 Å². The van der Waals surface area contributed by atoms with Crippen molar-refractivity contribution in [2.45, 2.75) is 99.0 Å². The molecule has 0 amide bonds. The minimum absolute atomic E-state index is 0.0220. The fourth-order valence-electron chi connectivity index (χ4n) is 4.16. The molecule has 5 aromatic rings. The van der Waals surface area contributed by atoms with Crippen molar-refractivity contribution in [1.82, 2.24) is 24.5 Å². The Morgan fingerprint density at radius 2 is 1.20 bits per heavy atom. The molecule has 50 heavy (non-hydrogen) atoms. The molecule has 0 aliphatic carbocycles. The number of aromatic amines is 4. The van der Waals surface area contributed by atoms with Crippen LogP contribution < -0.4 is 27.8 Å². The van der Waals surface area contributed by atoms with Crippen LogP contribution in [0, 0.1) is 0 Å². The van der Waals surface area contributed by atoms with Crippen LogP contribution in [-0.4, -0.2) is 24.5 Å². The summed E-state index contributed by atoms with van der Waals surface area (Å²) in [6.45, 7) is 20.4. The number of nitrogens with zero attached hydrogens (tertiary/aromatic N) is 1. The Labute approximate surface area is 294 Å². The predicted molar refractivity (Wildman–Crippen MR) is 206 cm³/mol. The highest BCUT2D eigenvalue weighted by atomic mass is 16.1. The third kappa shape index (κ3) is 16.7. The van der Waals surface area contributed by atoms with Crippen LogP contribution in [0.3, 0.4) is 0 Å². The molecule has 0 radical (unpaired) electrons. The van der Waals surface area contributed by atoms with Gasteiger partial charge in [0.25, 0.3) is 11.1 Å². The van der Waals surface area contributed by atoms with E-state index in [0.717, 1.165) is 16.8 Å². The Balaban J connectivity index is 0.000000312. The molecule has 0 aliphatic rings. The number of nitrogens with one attached hydrogen (secondary N) is 4. The molecule has 4 N–H and O–H groups in total. The largest absolute Gasteiger partial charge is 0.329 e. The van der Waals surface area contributed by atoms with Gasteiger partial charge in [-0.1, -0.05) is 79.7 Å². The van der Waals surface area contributed by atoms with Gasteiger partial charge in [0.2, 0.25) is 16.7 Å². The van der Waals surface area contributed by atoms with E-state index in [0.29, 0.717) is 23.7 Å². The van der Waals surface area contributed by atoms with Gasteiger partial charge in [0.1, 0.15) is 0 Å². The summed E-state index contributed by atoms with van der Waals surface area (Å²) in [4.78, 5) is 64.7. The van der Waals surface area contributed by atoms with E-state index in [-0.39, 0.29) is 33.8 Å². The summed E-state index contributed by atoms with van der Waals surface area (Å²) in [5.41, 5.74) is 4.11. The fourth-order valence-corrected chi connectivity index (χ4v) is 4.16. The predicted octanol–water partition coefficient (Wildman–Crippen LogP) is 7.42. The number of hydrogen-bond donors (Lipinski definition) is 4. The maximum Gasteiger partial charge on any atom is 0.251 e. The molecule has 5 rings (SSSR count). The quantitative estimate of drug-likeness (QED) is 0.152. The molecular formula is C40H55N5O5. The first-order valence-electron chi connectivity index (χ1n) is 16.9. The van der Waals surface area contributed by atoms with Gasteiger partial charge in [-0.15, -0.1) is 0 Å². The molecule has 270 valence electrons. The number of pyridine rings is 5. The van der Waals surface area contributed by atoms with Crippen LogP contribution in [0.2, 0.25) is 0 Å². The lowest BCUT2D eigenvalue weighted by Gasteiger charge is -2.06. The van der Waals surface area contributed by atoms with Crippen molar-refractivity contribution in [2.24, 2.45) is 0 Å². The van der Waals surface area contributed by atoms with Crippen molar-refractivity contribution in [2.75, 3.05) is 0 Å². The summed E-state index contributed by atoms with van der Waals surface area (Å²) in [5, 5.41) is 0. The second kappa shape index (κ2) is 22.4. The SMILES string of the molecule is CC(C)c1cc[nH]c(=O)c1.CC(C)c1ccc(=O)[nH]c1.CC(C)c1ccc[nH]c1=O.CC(C)c1cccc(=O)[nH]1.CC(C)n1ccccc1=O. The lowest BCUT2D eigenvalue weighted by Crippen LogP contribution is -2.19. The third-order valence-electron chi connectivity index (χ3n) is 7.23. The molecule has 10 nitrogen and oxygen atoms in total. The van der Waals surface area contributed by atoms with E-state index < -0.39 is 0 Å². The lowest BCUT2D eigenvalue weighted by atomic mass is 10.1. The molecule has 0 atom stereocenters. The second-order valence-electron chi connectivity index (χ2n) is 13.1. The molecule has 5 aromatic heterocycles. The van der Waals surface area contributed by atoms with Gasteiger partial charge in [0.15, 0.2) is 0 Å². The van der Waals surface area contributed by atoms with Gasteiger partial charge in [-0.3, -0.25) is 24.0 Å². The maximum atomic E-state index is 11.0. The summed E-state index contributed by atoms with van der Waals surface area (Å²) >= 11 is 0. The van der Waals surface area contributed by atoms with E-state index in [1.165, 1.54) is 11.6 Å². The summed E-state index contributed by atoms with van der Waals surface area (Å²) in [6, 6.07) is 21.3. The van der Waals surface area contributed by atoms with Crippen molar-refractivity contribution in [3.63, 3.8) is 0 Å². The number of hydrogen-bond acceptors (Lipinski definition) is 5. The van der Waals surface area contributed by atoms with Crippen LogP contribution in [0.4, 0.5) is 0 Å². The molecule has 0 unspecified atom stereocenters. The molecular weight excluding hydrogens is 630 g/mol. The summed E-state index contributed by atoms with van der Waals surface area (Å²) in [7, 11) is 0. The molecule has 0 saturated heterocycles. The van der Waals surface area contributed by atoms with Crippen molar-refractivity contribution in [1.29, 1.82) is 0 Å². The standard InChI is InChI=1S/5C8H11NO/c1-6(2)7-3-4-9-8(10)5-7;1-6(2)7-3-4-8(10)9-5-7;1-7(2)9-6-4-3-5-8(9)10;1-6(2)7-4-3-5-9-8(7)10;1-6(2)7-4-3-5-8(10)9-7/h2*3-6H,1-2H3,(H,9,10);3-7H,1-2H3;2*3-6H,1-2H3,(H,9,10). The smallest absolute Gasteiger partial charge is 0.251 e. The minimum Gasteiger partial charge on any atom is -0.329 e. The van der Waals surface area contributed by atoms with Gasteiger partial charge < -0.3 is 24.5 Å². The first kappa shape index (κ1) is 42.8. The summed E-state index contributed by atoms with van der Waals surface area (Å²) in [6.07, 6.45) is 6.88. The van der Waals surface area contributed by atoms with E-state index in [2.05, 4.69) is 47.6 Å². The topological polar surface area (TPSA) is 153 Å². The number of rotatable bonds is 5. The molecule has 10 heteroatoms. The zero-order chi connectivity index (χ0) is 37.8. The molecule has 0 aromatic carbocycles. The summed E-state index contributed by atoms with van der Waals surface area (Å²) < 4.78 is 1.69. The van der Waals surface area contributed by atoms with E-state index in [4.69, 9.17) is 0 Å². The Morgan fingerprint density at radius 3 is 1.60 bits per heavy atom. The first-order chi connectivity index (χ1) is 23.5. The van der Waals surface area contributed by atoms with E-state index in [1.54, 1.807) is 59.7 Å². The van der Waals surface area contributed by atoms with Crippen LogP contribution >= 0.6 is 0 Å². The van der Waals surface area contributed by atoms with Gasteiger partial charge >= 0.3 is 0 Å². The van der Waals surface area contributed by atoms with Crippen molar-refractivity contribution >= 4 is 0 Å². The Bertz CT molecular complexity index is 1840. The van der Waals surface area contributed by atoms with Gasteiger partial charge in [-0.05, 0) is 72.9 Å². The lowest BCUT2D eigenvalue weighted by molar-refractivity contribution is 0.578. The molecule has 5 heterocycles. The van der Waals surface area contributed by atoms with Gasteiger partial charge in [-0.25, -0.2) is 0 Å². The Morgan fingerprint density at radius 1 is 0.520 bits per heavy atom. The van der Waals surface area contributed by atoms with Gasteiger partial charge in [0.05, 0.1) is 0 Å². The van der Waals surface area contributed by atoms with Crippen LogP contribution in [0.15, 0.2) is 122 Å².